The van der Waals surface area contributed by atoms with Crippen LogP contribution in [0.4, 0.5) is 5.82 Å². The van der Waals surface area contributed by atoms with Crippen LogP contribution in [-0.4, -0.2) is 15.5 Å². The smallest absolute Gasteiger partial charge is 0.245 e. The van der Waals surface area contributed by atoms with Crippen molar-refractivity contribution in [1.82, 2.24) is 9.55 Å². The fourth-order valence-electron chi connectivity index (χ4n) is 2.07. The second-order valence-corrected chi connectivity index (χ2v) is 4.83. The first kappa shape index (κ1) is 14.0. The number of anilines is 1. The van der Waals surface area contributed by atoms with Crippen LogP contribution in [0.3, 0.4) is 0 Å². The summed E-state index contributed by atoms with van der Waals surface area (Å²) in [7, 11) is 0. The molecule has 0 aromatic carbocycles. The molecule has 0 aliphatic carbocycles. The van der Waals surface area contributed by atoms with Crippen LogP contribution in [0.2, 0.25) is 0 Å². The average Bonchev–Trinajstić information content (AvgIpc) is 2.33. The van der Waals surface area contributed by atoms with Gasteiger partial charge < -0.3 is 9.88 Å². The van der Waals surface area contributed by atoms with Gasteiger partial charge in [-0.1, -0.05) is 0 Å². The maximum Gasteiger partial charge on any atom is 0.245 e. The third-order valence-corrected chi connectivity index (χ3v) is 3.04. The zero-order chi connectivity index (χ0) is 14.7. The first-order valence-electron chi connectivity index (χ1n) is 6.36. The zero-order valence-electron chi connectivity index (χ0n) is 11.8. The predicted molar refractivity (Wildman–Crippen MR) is 77.8 cm³/mol. The first-order valence-corrected chi connectivity index (χ1v) is 6.36. The van der Waals surface area contributed by atoms with Gasteiger partial charge in [-0.2, -0.15) is 0 Å². The molecule has 0 unspecified atom stereocenters. The van der Waals surface area contributed by atoms with Gasteiger partial charge in [0.25, 0.3) is 0 Å². The van der Waals surface area contributed by atoms with E-state index in [1.165, 1.54) is 12.1 Å². The molecule has 20 heavy (non-hydrogen) atoms. The van der Waals surface area contributed by atoms with E-state index in [1.807, 2.05) is 32.9 Å². The Labute approximate surface area is 117 Å². The Morgan fingerprint density at radius 3 is 2.45 bits per heavy atom. The van der Waals surface area contributed by atoms with E-state index < -0.39 is 0 Å². The summed E-state index contributed by atoms with van der Waals surface area (Å²) in [4.78, 5) is 27.5. The number of carbonyl (C=O) groups excluding carboxylic acids is 1. The molecule has 0 fully saturated rings. The summed E-state index contributed by atoms with van der Waals surface area (Å²) in [6.45, 7) is 5.72. The van der Waals surface area contributed by atoms with Crippen LogP contribution in [0.15, 0.2) is 35.3 Å². The molecule has 2 heterocycles. The number of hydrogen-bond donors (Lipinski definition) is 1. The Kier molecular flexibility index (Phi) is 3.98. The summed E-state index contributed by atoms with van der Waals surface area (Å²) in [5, 5.41) is 2.75. The number of nitrogens with zero attached hydrogens (tertiary/aromatic N) is 2. The van der Waals surface area contributed by atoms with Crippen molar-refractivity contribution in [2.45, 2.75) is 27.3 Å². The lowest BCUT2D eigenvalue weighted by atomic mass is 10.3. The fourth-order valence-corrected chi connectivity index (χ4v) is 2.07. The minimum absolute atomic E-state index is 0.0444. The molecule has 1 amide bonds. The second kappa shape index (κ2) is 5.69. The highest BCUT2D eigenvalue weighted by atomic mass is 16.2. The Balaban J connectivity index is 2.15. The molecule has 0 saturated carbocycles. The van der Waals surface area contributed by atoms with Gasteiger partial charge in [0, 0.05) is 29.7 Å². The topological polar surface area (TPSA) is 64.0 Å². The lowest BCUT2D eigenvalue weighted by Gasteiger charge is -2.13. The number of rotatable bonds is 3. The molecule has 5 nitrogen and oxygen atoms in total. The molecule has 2 aromatic rings. The number of hydrogen-bond acceptors (Lipinski definition) is 3. The van der Waals surface area contributed by atoms with E-state index in [1.54, 1.807) is 10.8 Å². The molecule has 0 saturated heterocycles. The van der Waals surface area contributed by atoms with Crippen molar-refractivity contribution in [3.05, 3.63) is 57.6 Å². The highest BCUT2D eigenvalue weighted by molar-refractivity contribution is 5.89. The van der Waals surface area contributed by atoms with Crippen molar-refractivity contribution < 1.29 is 4.79 Å². The number of aromatic nitrogens is 2. The molecule has 5 heteroatoms. The van der Waals surface area contributed by atoms with Crippen LogP contribution in [0.25, 0.3) is 0 Å². The van der Waals surface area contributed by atoms with Crippen LogP contribution in [-0.2, 0) is 11.3 Å². The van der Waals surface area contributed by atoms with Crippen LogP contribution < -0.4 is 10.7 Å². The molecule has 0 atom stereocenters. The van der Waals surface area contributed by atoms with Crippen molar-refractivity contribution in [3.8, 4) is 0 Å². The number of nitrogens with one attached hydrogen (secondary N) is 1. The highest BCUT2D eigenvalue weighted by Gasteiger charge is 2.08. The summed E-state index contributed by atoms with van der Waals surface area (Å²) in [6.07, 6.45) is 1.65. The largest absolute Gasteiger partial charge is 0.340 e. The molecule has 0 aliphatic heterocycles. The van der Waals surface area contributed by atoms with Gasteiger partial charge in [-0.15, -0.1) is 0 Å². The first-order chi connectivity index (χ1) is 9.45. The molecule has 104 valence electrons. The maximum absolute atomic E-state index is 12.0. The standard InChI is InChI=1S/C15H17N3O2/c1-10-4-5-16-14(6-10)17-15(20)9-18-11(2)7-13(19)8-12(18)3/h4-8H,9H2,1-3H3,(H,16,17,20). The summed E-state index contributed by atoms with van der Waals surface area (Å²) >= 11 is 0. The van der Waals surface area contributed by atoms with E-state index in [2.05, 4.69) is 10.3 Å². The third kappa shape index (κ3) is 3.32. The molecule has 0 radical (unpaired) electrons. The van der Waals surface area contributed by atoms with E-state index >= 15 is 0 Å². The van der Waals surface area contributed by atoms with Gasteiger partial charge in [0.2, 0.25) is 5.91 Å². The van der Waals surface area contributed by atoms with E-state index in [4.69, 9.17) is 0 Å². The Hall–Kier alpha value is -2.43. The summed E-state index contributed by atoms with van der Waals surface area (Å²) < 4.78 is 1.80. The van der Waals surface area contributed by atoms with Gasteiger partial charge in [-0.25, -0.2) is 4.98 Å². The van der Waals surface area contributed by atoms with E-state index in [9.17, 15) is 9.59 Å². The molecule has 0 bridgehead atoms. The van der Waals surface area contributed by atoms with E-state index in [0.29, 0.717) is 5.82 Å². The maximum atomic E-state index is 12.0. The third-order valence-electron chi connectivity index (χ3n) is 3.04. The Bertz CT molecular complexity index is 678. The molecular formula is C15H17N3O2. The predicted octanol–water partition coefficient (Wildman–Crippen LogP) is 1.81. The Morgan fingerprint density at radius 2 is 1.85 bits per heavy atom. The normalized spacial score (nSPS) is 10.3. The summed E-state index contributed by atoms with van der Waals surface area (Å²) in [6, 6.07) is 6.71. The highest BCUT2D eigenvalue weighted by Crippen LogP contribution is 2.07. The van der Waals surface area contributed by atoms with E-state index in [0.717, 1.165) is 17.0 Å². The van der Waals surface area contributed by atoms with Crippen molar-refractivity contribution in [2.75, 3.05) is 5.32 Å². The lowest BCUT2D eigenvalue weighted by molar-refractivity contribution is -0.116. The van der Waals surface area contributed by atoms with Crippen LogP contribution in [0, 0.1) is 20.8 Å². The Morgan fingerprint density at radius 1 is 1.20 bits per heavy atom. The van der Waals surface area contributed by atoms with Gasteiger partial charge in [0.1, 0.15) is 12.4 Å². The van der Waals surface area contributed by atoms with Gasteiger partial charge in [-0.05, 0) is 38.5 Å². The fraction of sp³-hybridized carbons (Fsp3) is 0.267. The van der Waals surface area contributed by atoms with Crippen molar-refractivity contribution in [1.29, 1.82) is 0 Å². The monoisotopic (exact) mass is 271 g/mol. The molecule has 0 spiro atoms. The van der Waals surface area contributed by atoms with Gasteiger partial charge in [0.05, 0.1) is 0 Å². The zero-order valence-corrected chi connectivity index (χ0v) is 11.8. The molecule has 2 rings (SSSR count). The molecule has 0 aliphatic rings. The van der Waals surface area contributed by atoms with Gasteiger partial charge in [-0.3, -0.25) is 9.59 Å². The van der Waals surface area contributed by atoms with Crippen LogP contribution in [0.1, 0.15) is 17.0 Å². The van der Waals surface area contributed by atoms with Gasteiger partial charge >= 0.3 is 0 Å². The molecule has 1 N–H and O–H groups in total. The summed E-state index contributed by atoms with van der Waals surface area (Å²) in [5.74, 6) is 0.365. The number of pyridine rings is 2. The molecule has 2 aromatic heterocycles. The SMILES string of the molecule is Cc1ccnc(NC(=O)Cn2c(C)cc(=O)cc2C)c1. The van der Waals surface area contributed by atoms with Crippen molar-refractivity contribution in [3.63, 3.8) is 0 Å². The van der Waals surface area contributed by atoms with E-state index in [-0.39, 0.29) is 17.9 Å². The minimum atomic E-state index is -0.169. The quantitative estimate of drug-likeness (QED) is 0.926. The number of aryl methyl sites for hydroxylation is 3. The van der Waals surface area contributed by atoms with Crippen LogP contribution >= 0.6 is 0 Å². The second-order valence-electron chi connectivity index (χ2n) is 4.83. The number of carbonyl (C=O) groups is 1. The van der Waals surface area contributed by atoms with Crippen LogP contribution in [0.5, 0.6) is 0 Å². The van der Waals surface area contributed by atoms with Gasteiger partial charge in [0.15, 0.2) is 5.43 Å². The van der Waals surface area contributed by atoms with Crippen molar-refractivity contribution in [2.24, 2.45) is 0 Å². The minimum Gasteiger partial charge on any atom is -0.340 e. The lowest BCUT2D eigenvalue weighted by Crippen LogP contribution is -2.23. The average molecular weight is 271 g/mol. The summed E-state index contributed by atoms with van der Waals surface area (Å²) in [5.41, 5.74) is 2.52. The van der Waals surface area contributed by atoms with Crippen molar-refractivity contribution >= 4 is 11.7 Å². The molecular weight excluding hydrogens is 254 g/mol. The number of amides is 1.